The molecular formula is C16H18O3. The van der Waals surface area contributed by atoms with E-state index in [0.29, 0.717) is 12.8 Å². The van der Waals surface area contributed by atoms with Gasteiger partial charge in [-0.05, 0) is 30.0 Å². The third-order valence-corrected chi connectivity index (χ3v) is 4.19. The summed E-state index contributed by atoms with van der Waals surface area (Å²) in [6.45, 7) is 3.72. The Bertz CT molecular complexity index is 521. The predicted octanol–water partition coefficient (Wildman–Crippen LogP) is 2.58. The fourth-order valence-electron chi connectivity index (χ4n) is 3.21. The zero-order chi connectivity index (χ0) is 13.4. The van der Waals surface area contributed by atoms with Crippen molar-refractivity contribution in [2.45, 2.75) is 37.9 Å². The summed E-state index contributed by atoms with van der Waals surface area (Å²) in [5, 5.41) is 10.1. The van der Waals surface area contributed by atoms with Gasteiger partial charge in [-0.15, -0.1) is 6.58 Å². The summed E-state index contributed by atoms with van der Waals surface area (Å²) >= 11 is 0. The van der Waals surface area contributed by atoms with Gasteiger partial charge >= 0.3 is 0 Å². The molecule has 0 radical (unpaired) electrons. The van der Waals surface area contributed by atoms with Crippen LogP contribution in [-0.2, 0) is 11.2 Å². The van der Waals surface area contributed by atoms with Crippen molar-refractivity contribution < 1.29 is 14.6 Å². The van der Waals surface area contributed by atoms with E-state index in [1.807, 2.05) is 18.2 Å². The number of hydrogen-bond donors (Lipinski definition) is 1. The highest BCUT2D eigenvalue weighted by Gasteiger charge is 2.41. The third kappa shape index (κ3) is 2.19. The molecule has 100 valence electrons. The quantitative estimate of drug-likeness (QED) is 0.829. The number of aliphatic hydroxyl groups is 1. The van der Waals surface area contributed by atoms with E-state index in [9.17, 15) is 9.90 Å². The summed E-state index contributed by atoms with van der Waals surface area (Å²) in [5.74, 6) is 1.17. The molecule has 19 heavy (non-hydrogen) atoms. The van der Waals surface area contributed by atoms with Gasteiger partial charge in [0.25, 0.3) is 0 Å². The Morgan fingerprint density at radius 1 is 1.47 bits per heavy atom. The summed E-state index contributed by atoms with van der Waals surface area (Å²) in [6.07, 6.45) is 3.64. The molecule has 1 aromatic rings. The van der Waals surface area contributed by atoms with Crippen molar-refractivity contribution in [3.8, 4) is 5.75 Å². The number of carbonyl (C=O) groups is 1. The number of ether oxygens (including phenoxy) is 1. The third-order valence-electron chi connectivity index (χ3n) is 4.19. The zero-order valence-corrected chi connectivity index (χ0v) is 10.8. The largest absolute Gasteiger partial charge is 0.465 e. The van der Waals surface area contributed by atoms with Crippen molar-refractivity contribution in [1.82, 2.24) is 0 Å². The van der Waals surface area contributed by atoms with Crippen molar-refractivity contribution in [3.05, 3.63) is 42.0 Å². The Kier molecular flexibility index (Phi) is 3.15. The van der Waals surface area contributed by atoms with E-state index in [-0.39, 0.29) is 17.6 Å². The lowest BCUT2D eigenvalue weighted by Crippen LogP contribution is -2.39. The van der Waals surface area contributed by atoms with Crippen LogP contribution in [0.4, 0.5) is 0 Å². The molecule has 1 N–H and O–H groups in total. The summed E-state index contributed by atoms with van der Waals surface area (Å²) in [5.41, 5.74) is 2.18. The molecule has 3 nitrogen and oxygen atoms in total. The van der Waals surface area contributed by atoms with Gasteiger partial charge < -0.3 is 9.84 Å². The molecule has 2 aliphatic rings. The number of Topliss-reactive ketones (excluding diaryl/α,β-unsaturated/α-hetero) is 1. The summed E-state index contributed by atoms with van der Waals surface area (Å²) in [7, 11) is 0. The molecule has 1 aromatic carbocycles. The first-order valence-electron chi connectivity index (χ1n) is 6.79. The molecule has 3 rings (SSSR count). The Balaban J connectivity index is 1.98. The molecule has 1 heterocycles. The minimum atomic E-state index is -0.787. The minimum Gasteiger partial charge on any atom is -0.465 e. The minimum absolute atomic E-state index is 0.0513. The van der Waals surface area contributed by atoms with Crippen molar-refractivity contribution >= 4 is 5.78 Å². The molecular weight excluding hydrogens is 240 g/mol. The SMILES string of the molecule is C=CCc1ccc2c(c1)OC(O)C1CCC(=O)CC21. The number of rotatable bonds is 2. The number of ketones is 1. The van der Waals surface area contributed by atoms with Gasteiger partial charge in [0.15, 0.2) is 0 Å². The Labute approximate surface area is 112 Å². The van der Waals surface area contributed by atoms with E-state index in [2.05, 4.69) is 12.6 Å². The predicted molar refractivity (Wildman–Crippen MR) is 72.1 cm³/mol. The second kappa shape index (κ2) is 4.82. The van der Waals surface area contributed by atoms with E-state index < -0.39 is 6.29 Å². The average molecular weight is 258 g/mol. The summed E-state index contributed by atoms with van der Waals surface area (Å²) < 4.78 is 5.63. The molecule has 1 aliphatic carbocycles. The highest BCUT2D eigenvalue weighted by molar-refractivity contribution is 5.80. The van der Waals surface area contributed by atoms with Crippen molar-refractivity contribution in [2.24, 2.45) is 5.92 Å². The molecule has 0 saturated heterocycles. The lowest BCUT2D eigenvalue weighted by molar-refractivity contribution is -0.129. The molecule has 3 unspecified atom stereocenters. The van der Waals surface area contributed by atoms with Gasteiger partial charge in [0.2, 0.25) is 6.29 Å². The van der Waals surface area contributed by atoms with Gasteiger partial charge in [0.05, 0.1) is 0 Å². The first kappa shape index (κ1) is 12.4. The zero-order valence-electron chi connectivity index (χ0n) is 10.8. The van der Waals surface area contributed by atoms with E-state index in [1.165, 1.54) is 0 Å². The van der Waals surface area contributed by atoms with Gasteiger partial charge in [-0.1, -0.05) is 18.2 Å². The normalized spacial score (nSPS) is 29.1. The molecule has 1 aliphatic heterocycles. The van der Waals surface area contributed by atoms with E-state index >= 15 is 0 Å². The van der Waals surface area contributed by atoms with Gasteiger partial charge in [0.1, 0.15) is 11.5 Å². The molecule has 0 aromatic heterocycles. The summed E-state index contributed by atoms with van der Waals surface area (Å²) in [6, 6.07) is 6.05. The topological polar surface area (TPSA) is 46.5 Å². The van der Waals surface area contributed by atoms with Crippen molar-refractivity contribution in [3.63, 3.8) is 0 Å². The lowest BCUT2D eigenvalue weighted by Gasteiger charge is -2.39. The highest BCUT2D eigenvalue weighted by atomic mass is 16.6. The number of benzene rings is 1. The first-order chi connectivity index (χ1) is 9.19. The van der Waals surface area contributed by atoms with Crippen molar-refractivity contribution in [1.29, 1.82) is 0 Å². The molecule has 0 amide bonds. The van der Waals surface area contributed by atoms with Gasteiger partial charge in [-0.3, -0.25) is 4.79 Å². The van der Waals surface area contributed by atoms with Crippen LogP contribution in [0.2, 0.25) is 0 Å². The maximum Gasteiger partial charge on any atom is 0.200 e. The molecule has 3 heteroatoms. The van der Waals surface area contributed by atoms with Crippen LogP contribution < -0.4 is 4.74 Å². The van der Waals surface area contributed by atoms with Crippen molar-refractivity contribution in [2.75, 3.05) is 0 Å². The smallest absolute Gasteiger partial charge is 0.200 e. The van der Waals surface area contributed by atoms with Crippen LogP contribution in [0.5, 0.6) is 5.75 Å². The van der Waals surface area contributed by atoms with E-state index in [0.717, 1.165) is 29.7 Å². The van der Waals surface area contributed by atoms with Crippen LogP contribution >= 0.6 is 0 Å². The molecule has 0 spiro atoms. The maximum absolute atomic E-state index is 11.7. The number of carbonyl (C=O) groups excluding carboxylic acids is 1. The fraction of sp³-hybridized carbons (Fsp3) is 0.438. The second-order valence-corrected chi connectivity index (χ2v) is 5.43. The first-order valence-corrected chi connectivity index (χ1v) is 6.79. The van der Waals surface area contributed by atoms with Gasteiger partial charge in [0, 0.05) is 24.7 Å². The molecule has 1 fully saturated rings. The van der Waals surface area contributed by atoms with Gasteiger partial charge in [-0.2, -0.15) is 0 Å². The van der Waals surface area contributed by atoms with E-state index in [4.69, 9.17) is 4.74 Å². The van der Waals surface area contributed by atoms with Crippen LogP contribution in [0.25, 0.3) is 0 Å². The molecule has 0 bridgehead atoms. The maximum atomic E-state index is 11.7. The van der Waals surface area contributed by atoms with Crippen LogP contribution in [0, 0.1) is 5.92 Å². The molecule has 1 saturated carbocycles. The van der Waals surface area contributed by atoms with Crippen LogP contribution in [0.1, 0.15) is 36.3 Å². The Hall–Kier alpha value is -1.61. The number of aliphatic hydroxyl groups excluding tert-OH is 1. The average Bonchev–Trinajstić information content (AvgIpc) is 2.38. The summed E-state index contributed by atoms with van der Waals surface area (Å²) in [4.78, 5) is 11.7. The number of hydrogen-bond acceptors (Lipinski definition) is 3. The number of fused-ring (bicyclic) bond motifs is 3. The monoisotopic (exact) mass is 258 g/mol. The van der Waals surface area contributed by atoms with E-state index in [1.54, 1.807) is 0 Å². The fourth-order valence-corrected chi connectivity index (χ4v) is 3.21. The van der Waals surface area contributed by atoms with Gasteiger partial charge in [-0.25, -0.2) is 0 Å². The second-order valence-electron chi connectivity index (χ2n) is 5.43. The van der Waals surface area contributed by atoms with Crippen LogP contribution in [-0.4, -0.2) is 17.2 Å². The van der Waals surface area contributed by atoms with Crippen LogP contribution in [0.3, 0.4) is 0 Å². The number of allylic oxidation sites excluding steroid dienone is 1. The lowest BCUT2D eigenvalue weighted by atomic mass is 9.73. The molecule has 3 atom stereocenters. The highest BCUT2D eigenvalue weighted by Crippen LogP contribution is 2.46. The van der Waals surface area contributed by atoms with Crippen LogP contribution in [0.15, 0.2) is 30.9 Å². The standard InChI is InChI=1S/C16H18O3/c1-2-3-10-4-6-12-14-9-11(17)5-7-13(14)16(18)19-15(12)8-10/h2,4,6,8,13-14,16,18H,1,3,5,7,9H2. The Morgan fingerprint density at radius 3 is 3.11 bits per heavy atom. The Morgan fingerprint density at radius 2 is 2.32 bits per heavy atom.